The number of imidazole rings is 1. The van der Waals surface area contributed by atoms with Gasteiger partial charge in [-0.1, -0.05) is 13.8 Å². The Kier molecular flexibility index (Phi) is 4.80. The first-order valence-corrected chi connectivity index (χ1v) is 8.68. The highest BCUT2D eigenvalue weighted by Gasteiger charge is 2.27. The molecule has 6 nitrogen and oxygen atoms in total. The number of fused-ring (bicyclic) bond motifs is 1. The number of anilines is 1. The second-order valence-corrected chi connectivity index (χ2v) is 6.93. The van der Waals surface area contributed by atoms with Crippen molar-refractivity contribution in [1.29, 1.82) is 0 Å². The minimum atomic E-state index is -0.566. The first-order valence-electron chi connectivity index (χ1n) is 8.68. The van der Waals surface area contributed by atoms with Gasteiger partial charge in [0.1, 0.15) is 11.6 Å². The first-order chi connectivity index (χ1) is 12.3. The summed E-state index contributed by atoms with van der Waals surface area (Å²) in [5.41, 5.74) is 2.44. The molecule has 0 bridgehead atoms. The number of nitrogens with one attached hydrogen (secondary N) is 1. The molecular weight excluding hydrogens is 335 g/mol. The molecule has 1 aromatic heterocycles. The lowest BCUT2D eigenvalue weighted by molar-refractivity contribution is -0.114. The SMILES string of the molecule is CC(=O)Nc1cc(C(=O)N2CCc3c(nc(C(C)C)n3C)C2)ccc1F. The van der Waals surface area contributed by atoms with E-state index in [1.165, 1.54) is 25.1 Å². The van der Waals surface area contributed by atoms with E-state index in [1.54, 1.807) is 4.90 Å². The van der Waals surface area contributed by atoms with E-state index < -0.39 is 5.82 Å². The molecule has 2 aromatic rings. The molecule has 1 aromatic carbocycles. The molecule has 0 saturated carbocycles. The molecule has 0 radical (unpaired) electrons. The third-order valence-corrected chi connectivity index (χ3v) is 4.62. The van der Waals surface area contributed by atoms with Crippen LogP contribution < -0.4 is 5.32 Å². The van der Waals surface area contributed by atoms with Crippen molar-refractivity contribution in [2.45, 2.75) is 39.7 Å². The molecule has 3 rings (SSSR count). The molecule has 0 spiro atoms. The van der Waals surface area contributed by atoms with Crippen LogP contribution in [0, 0.1) is 5.82 Å². The zero-order chi connectivity index (χ0) is 19.0. The van der Waals surface area contributed by atoms with Crippen LogP contribution in [0.4, 0.5) is 10.1 Å². The fourth-order valence-electron chi connectivity index (χ4n) is 3.37. The molecule has 1 N–H and O–H groups in total. The number of hydrogen-bond acceptors (Lipinski definition) is 3. The maximum absolute atomic E-state index is 13.8. The number of hydrogen-bond donors (Lipinski definition) is 1. The van der Waals surface area contributed by atoms with Crippen LogP contribution in [-0.4, -0.2) is 32.8 Å². The molecule has 7 heteroatoms. The zero-order valence-electron chi connectivity index (χ0n) is 15.5. The van der Waals surface area contributed by atoms with E-state index in [0.29, 0.717) is 24.6 Å². The molecule has 0 aliphatic carbocycles. The fourth-order valence-corrected chi connectivity index (χ4v) is 3.37. The van der Waals surface area contributed by atoms with Crippen LogP contribution in [0.25, 0.3) is 0 Å². The summed E-state index contributed by atoms with van der Waals surface area (Å²) in [5.74, 6) is 0.180. The lowest BCUT2D eigenvalue weighted by Crippen LogP contribution is -2.36. The van der Waals surface area contributed by atoms with Crippen LogP contribution in [-0.2, 0) is 24.8 Å². The molecule has 0 unspecified atom stereocenters. The number of nitrogens with zero attached hydrogens (tertiary/aromatic N) is 3. The Balaban J connectivity index is 1.84. The van der Waals surface area contributed by atoms with Crippen molar-refractivity contribution < 1.29 is 14.0 Å². The van der Waals surface area contributed by atoms with Crippen molar-refractivity contribution >= 4 is 17.5 Å². The van der Waals surface area contributed by atoms with Gasteiger partial charge in [0.25, 0.3) is 5.91 Å². The molecule has 0 fully saturated rings. The van der Waals surface area contributed by atoms with Gasteiger partial charge in [-0.2, -0.15) is 0 Å². The van der Waals surface area contributed by atoms with E-state index in [9.17, 15) is 14.0 Å². The molecular formula is C19H23FN4O2. The summed E-state index contributed by atoms with van der Waals surface area (Å²) in [5, 5.41) is 2.41. The van der Waals surface area contributed by atoms with Gasteiger partial charge in [0.2, 0.25) is 5.91 Å². The molecule has 1 aliphatic rings. The largest absolute Gasteiger partial charge is 0.334 e. The molecule has 26 heavy (non-hydrogen) atoms. The minimum absolute atomic E-state index is 0.0148. The second kappa shape index (κ2) is 6.90. The second-order valence-electron chi connectivity index (χ2n) is 6.93. The van der Waals surface area contributed by atoms with Gasteiger partial charge in [0.15, 0.2) is 0 Å². The number of halogens is 1. The van der Waals surface area contributed by atoms with Gasteiger partial charge in [-0.25, -0.2) is 9.37 Å². The quantitative estimate of drug-likeness (QED) is 0.917. The predicted octanol–water partition coefficient (Wildman–Crippen LogP) is 2.84. The third-order valence-electron chi connectivity index (χ3n) is 4.62. The van der Waals surface area contributed by atoms with Crippen molar-refractivity contribution in [2.75, 3.05) is 11.9 Å². The van der Waals surface area contributed by atoms with Crippen molar-refractivity contribution in [1.82, 2.24) is 14.5 Å². The van der Waals surface area contributed by atoms with Gasteiger partial charge in [-0.05, 0) is 18.2 Å². The van der Waals surface area contributed by atoms with Crippen molar-refractivity contribution in [2.24, 2.45) is 7.05 Å². The summed E-state index contributed by atoms with van der Waals surface area (Å²) in [4.78, 5) is 30.4. The van der Waals surface area contributed by atoms with E-state index in [2.05, 4.69) is 23.7 Å². The maximum Gasteiger partial charge on any atom is 0.254 e. The van der Waals surface area contributed by atoms with Crippen LogP contribution in [0.2, 0.25) is 0 Å². The smallest absolute Gasteiger partial charge is 0.254 e. The molecule has 2 amide bonds. The van der Waals surface area contributed by atoms with Gasteiger partial charge in [0.05, 0.1) is 17.9 Å². The van der Waals surface area contributed by atoms with E-state index in [0.717, 1.165) is 23.6 Å². The zero-order valence-corrected chi connectivity index (χ0v) is 15.5. The van der Waals surface area contributed by atoms with Crippen molar-refractivity contribution in [3.8, 4) is 0 Å². The summed E-state index contributed by atoms with van der Waals surface area (Å²) in [7, 11) is 2.01. The van der Waals surface area contributed by atoms with Crippen LogP contribution in [0.5, 0.6) is 0 Å². The number of aromatic nitrogens is 2. The third kappa shape index (κ3) is 3.34. The summed E-state index contributed by atoms with van der Waals surface area (Å²) in [6.45, 7) is 6.50. The molecule has 1 aliphatic heterocycles. The molecule has 2 heterocycles. The van der Waals surface area contributed by atoms with Gasteiger partial charge < -0.3 is 14.8 Å². The summed E-state index contributed by atoms with van der Waals surface area (Å²) < 4.78 is 15.9. The van der Waals surface area contributed by atoms with Gasteiger partial charge >= 0.3 is 0 Å². The Hall–Kier alpha value is -2.70. The lowest BCUT2D eigenvalue weighted by Gasteiger charge is -2.27. The molecule has 138 valence electrons. The van der Waals surface area contributed by atoms with Crippen molar-refractivity contribution in [3.05, 3.63) is 46.8 Å². The number of benzene rings is 1. The molecule has 0 saturated heterocycles. The predicted molar refractivity (Wildman–Crippen MR) is 96.4 cm³/mol. The highest BCUT2D eigenvalue weighted by atomic mass is 19.1. The standard InChI is InChI=1S/C19H23FN4O2/c1-11(2)18-22-16-10-24(8-7-17(16)23(18)4)19(26)13-5-6-14(20)15(9-13)21-12(3)25/h5-6,9,11H,7-8,10H2,1-4H3,(H,21,25). The van der Waals surface area contributed by atoms with Crippen LogP contribution in [0.3, 0.4) is 0 Å². The Morgan fingerprint density at radius 3 is 2.69 bits per heavy atom. The van der Waals surface area contributed by atoms with Crippen molar-refractivity contribution in [3.63, 3.8) is 0 Å². The average Bonchev–Trinajstić information content (AvgIpc) is 2.92. The first kappa shape index (κ1) is 18.1. The summed E-state index contributed by atoms with van der Waals surface area (Å²) in [6.07, 6.45) is 0.733. The lowest BCUT2D eigenvalue weighted by atomic mass is 10.1. The average molecular weight is 358 g/mol. The Labute approximate surface area is 152 Å². The van der Waals surface area contributed by atoms with Crippen LogP contribution >= 0.6 is 0 Å². The Morgan fingerprint density at radius 1 is 1.31 bits per heavy atom. The summed E-state index contributed by atoms with van der Waals surface area (Å²) in [6, 6.07) is 4.02. The number of carbonyl (C=O) groups excluding carboxylic acids is 2. The van der Waals surface area contributed by atoms with E-state index in [4.69, 9.17) is 4.98 Å². The van der Waals surface area contributed by atoms with E-state index in [1.807, 2.05) is 7.05 Å². The minimum Gasteiger partial charge on any atom is -0.334 e. The highest BCUT2D eigenvalue weighted by Crippen LogP contribution is 2.25. The van der Waals surface area contributed by atoms with Gasteiger partial charge in [-0.15, -0.1) is 0 Å². The topological polar surface area (TPSA) is 67.2 Å². The monoisotopic (exact) mass is 358 g/mol. The Morgan fingerprint density at radius 2 is 2.04 bits per heavy atom. The van der Waals surface area contributed by atoms with Gasteiger partial charge in [0, 0.05) is 44.1 Å². The number of amides is 2. The molecule has 0 atom stereocenters. The number of carbonyl (C=O) groups is 2. The van der Waals surface area contributed by atoms with Gasteiger partial charge in [-0.3, -0.25) is 9.59 Å². The van der Waals surface area contributed by atoms with E-state index in [-0.39, 0.29) is 17.5 Å². The van der Waals surface area contributed by atoms with E-state index >= 15 is 0 Å². The maximum atomic E-state index is 13.8. The van der Waals surface area contributed by atoms with Crippen LogP contribution in [0.15, 0.2) is 18.2 Å². The number of rotatable bonds is 3. The Bertz CT molecular complexity index is 873. The summed E-state index contributed by atoms with van der Waals surface area (Å²) >= 11 is 0. The van der Waals surface area contributed by atoms with Crippen LogP contribution in [0.1, 0.15) is 54.3 Å². The highest BCUT2D eigenvalue weighted by molar-refractivity contribution is 5.97. The normalized spacial score (nSPS) is 13.7. The fraction of sp³-hybridized carbons (Fsp3) is 0.421.